The van der Waals surface area contributed by atoms with Crippen molar-refractivity contribution >= 4 is 11.3 Å². The van der Waals surface area contributed by atoms with E-state index in [1.807, 2.05) is 11.6 Å². The Morgan fingerprint density at radius 3 is 3.11 bits per heavy atom. The molecule has 0 saturated carbocycles. The largest absolute Gasteiger partial charge is 0.374 e. The van der Waals surface area contributed by atoms with E-state index in [4.69, 9.17) is 10.6 Å². The average Bonchev–Trinajstić information content (AvgIpc) is 2.89. The van der Waals surface area contributed by atoms with Crippen molar-refractivity contribution in [1.82, 2.24) is 15.3 Å². The molecule has 1 saturated heterocycles. The molecule has 0 bridgehead atoms. The lowest BCUT2D eigenvalue weighted by atomic mass is 10.1. The van der Waals surface area contributed by atoms with Crippen molar-refractivity contribution in [2.75, 3.05) is 19.7 Å². The molecule has 6 heteroatoms. The highest BCUT2D eigenvalue weighted by Gasteiger charge is 2.29. The molecule has 1 fully saturated rings. The third kappa shape index (κ3) is 3.49. The van der Waals surface area contributed by atoms with Gasteiger partial charge in [-0.05, 0) is 13.8 Å². The lowest BCUT2D eigenvalue weighted by Gasteiger charge is -2.38. The molecule has 18 heavy (non-hydrogen) atoms. The van der Waals surface area contributed by atoms with Crippen LogP contribution in [0.4, 0.5) is 0 Å². The summed E-state index contributed by atoms with van der Waals surface area (Å²) in [6.07, 6.45) is 2.79. The van der Waals surface area contributed by atoms with Crippen LogP contribution in [-0.4, -0.2) is 47.8 Å². The molecule has 1 aliphatic rings. The zero-order valence-electron chi connectivity index (χ0n) is 11.0. The van der Waals surface area contributed by atoms with Gasteiger partial charge in [-0.3, -0.25) is 16.2 Å². The third-order valence-electron chi connectivity index (χ3n) is 3.40. The molecule has 2 unspecified atom stereocenters. The summed E-state index contributed by atoms with van der Waals surface area (Å²) >= 11 is 1.66. The van der Waals surface area contributed by atoms with Crippen molar-refractivity contribution in [2.24, 2.45) is 5.84 Å². The van der Waals surface area contributed by atoms with E-state index in [9.17, 15) is 0 Å². The fraction of sp³-hybridized carbons (Fsp3) is 0.750. The van der Waals surface area contributed by atoms with Gasteiger partial charge in [-0.1, -0.05) is 0 Å². The predicted molar refractivity (Wildman–Crippen MR) is 73.4 cm³/mol. The smallest absolute Gasteiger partial charge is 0.0941 e. The first-order chi connectivity index (χ1) is 8.70. The second-order valence-corrected chi connectivity index (χ2v) is 5.88. The van der Waals surface area contributed by atoms with E-state index in [1.165, 1.54) is 0 Å². The minimum atomic E-state index is 0.123. The van der Waals surface area contributed by atoms with Gasteiger partial charge in [-0.2, -0.15) is 0 Å². The van der Waals surface area contributed by atoms with Crippen LogP contribution in [0.1, 0.15) is 18.9 Å². The Kier molecular flexibility index (Phi) is 5.08. The highest BCUT2D eigenvalue weighted by molar-refractivity contribution is 7.09. The topological polar surface area (TPSA) is 63.4 Å². The van der Waals surface area contributed by atoms with E-state index in [-0.39, 0.29) is 12.1 Å². The molecule has 3 N–H and O–H groups in total. The van der Waals surface area contributed by atoms with Crippen LogP contribution in [0, 0.1) is 0 Å². The van der Waals surface area contributed by atoms with Gasteiger partial charge in [-0.15, -0.1) is 11.3 Å². The standard InChI is InChI=1S/C12H22N4OS/c1-9(2)16-4-5-17-11(8-16)10(15-13)7-12-14-3-6-18-12/h3,6,9-11,15H,4-5,7-8,13H2,1-2H3. The second-order valence-electron chi connectivity index (χ2n) is 4.90. The van der Waals surface area contributed by atoms with Gasteiger partial charge in [0.05, 0.1) is 23.8 Å². The molecule has 0 spiro atoms. The summed E-state index contributed by atoms with van der Waals surface area (Å²) in [4.78, 5) is 6.74. The number of morpholine rings is 1. The Labute approximate surface area is 112 Å². The molecular weight excluding hydrogens is 248 g/mol. The van der Waals surface area contributed by atoms with E-state index < -0.39 is 0 Å². The Morgan fingerprint density at radius 1 is 1.67 bits per heavy atom. The molecule has 0 radical (unpaired) electrons. The SMILES string of the molecule is CC(C)N1CCOC(C(Cc2nccs2)NN)C1. The highest BCUT2D eigenvalue weighted by atomic mass is 32.1. The summed E-state index contributed by atoms with van der Waals surface area (Å²) in [6.45, 7) is 7.14. The number of nitrogens with one attached hydrogen (secondary N) is 1. The zero-order valence-corrected chi connectivity index (χ0v) is 11.8. The molecule has 0 aliphatic carbocycles. The Hall–Kier alpha value is -0.530. The average molecular weight is 270 g/mol. The zero-order chi connectivity index (χ0) is 13.0. The van der Waals surface area contributed by atoms with Gasteiger partial charge in [0, 0.05) is 37.1 Å². The van der Waals surface area contributed by atoms with E-state index in [2.05, 4.69) is 29.2 Å². The summed E-state index contributed by atoms with van der Waals surface area (Å²) in [7, 11) is 0. The molecule has 2 rings (SSSR count). The van der Waals surface area contributed by atoms with Crippen molar-refractivity contribution in [2.45, 2.75) is 38.5 Å². The van der Waals surface area contributed by atoms with Crippen LogP contribution in [0.2, 0.25) is 0 Å². The Morgan fingerprint density at radius 2 is 2.50 bits per heavy atom. The molecule has 1 aliphatic heterocycles. The summed E-state index contributed by atoms with van der Waals surface area (Å²) in [5.74, 6) is 5.67. The Bertz CT molecular complexity index is 344. The van der Waals surface area contributed by atoms with Crippen LogP contribution in [0.5, 0.6) is 0 Å². The molecule has 102 valence electrons. The number of aromatic nitrogens is 1. The molecule has 1 aromatic rings. The molecule has 5 nitrogen and oxygen atoms in total. The number of hydrogen-bond donors (Lipinski definition) is 2. The first kappa shape index (κ1) is 13.9. The summed E-state index contributed by atoms with van der Waals surface area (Å²) in [6, 6.07) is 0.674. The van der Waals surface area contributed by atoms with Crippen molar-refractivity contribution in [3.8, 4) is 0 Å². The molecule has 0 aromatic carbocycles. The van der Waals surface area contributed by atoms with E-state index in [0.717, 1.165) is 31.1 Å². The fourth-order valence-electron chi connectivity index (χ4n) is 2.25. The van der Waals surface area contributed by atoms with Gasteiger partial charge >= 0.3 is 0 Å². The monoisotopic (exact) mass is 270 g/mol. The first-order valence-electron chi connectivity index (χ1n) is 6.41. The van der Waals surface area contributed by atoms with E-state index >= 15 is 0 Å². The van der Waals surface area contributed by atoms with Gasteiger partial charge in [0.2, 0.25) is 0 Å². The maximum atomic E-state index is 5.85. The Balaban J connectivity index is 1.94. The van der Waals surface area contributed by atoms with Crippen LogP contribution in [0.3, 0.4) is 0 Å². The van der Waals surface area contributed by atoms with Crippen LogP contribution >= 0.6 is 11.3 Å². The first-order valence-corrected chi connectivity index (χ1v) is 7.29. The van der Waals surface area contributed by atoms with Crippen molar-refractivity contribution < 1.29 is 4.74 Å². The molecular formula is C12H22N4OS. The highest BCUT2D eigenvalue weighted by Crippen LogP contribution is 2.15. The van der Waals surface area contributed by atoms with Crippen LogP contribution < -0.4 is 11.3 Å². The number of nitrogens with zero attached hydrogens (tertiary/aromatic N) is 2. The normalized spacial score (nSPS) is 23.4. The summed E-state index contributed by atoms with van der Waals surface area (Å²) < 4.78 is 5.85. The molecule has 1 aromatic heterocycles. The number of ether oxygens (including phenoxy) is 1. The number of nitrogens with two attached hydrogens (primary N) is 1. The molecule has 2 atom stereocenters. The van der Waals surface area contributed by atoms with Crippen molar-refractivity contribution in [3.63, 3.8) is 0 Å². The quantitative estimate of drug-likeness (QED) is 0.607. The van der Waals surface area contributed by atoms with Crippen molar-refractivity contribution in [1.29, 1.82) is 0 Å². The van der Waals surface area contributed by atoms with Crippen LogP contribution in [0.25, 0.3) is 0 Å². The lowest BCUT2D eigenvalue weighted by molar-refractivity contribution is -0.0552. The van der Waals surface area contributed by atoms with Crippen LogP contribution in [0.15, 0.2) is 11.6 Å². The predicted octanol–water partition coefficient (Wildman–Crippen LogP) is 0.627. The van der Waals surface area contributed by atoms with Gasteiger partial charge in [0.15, 0.2) is 0 Å². The fourth-order valence-corrected chi connectivity index (χ4v) is 2.92. The number of thiazole rings is 1. The van der Waals surface area contributed by atoms with E-state index in [0.29, 0.717) is 6.04 Å². The van der Waals surface area contributed by atoms with Gasteiger partial charge in [0.1, 0.15) is 0 Å². The minimum absolute atomic E-state index is 0.123. The summed E-state index contributed by atoms with van der Waals surface area (Å²) in [5.41, 5.74) is 2.88. The van der Waals surface area contributed by atoms with E-state index in [1.54, 1.807) is 11.3 Å². The number of rotatable bonds is 5. The minimum Gasteiger partial charge on any atom is -0.374 e. The molecule has 2 heterocycles. The number of hydrazine groups is 1. The van der Waals surface area contributed by atoms with Crippen LogP contribution in [-0.2, 0) is 11.2 Å². The second kappa shape index (κ2) is 6.58. The third-order valence-corrected chi connectivity index (χ3v) is 4.20. The van der Waals surface area contributed by atoms with Gasteiger partial charge in [-0.25, -0.2) is 4.98 Å². The van der Waals surface area contributed by atoms with Crippen molar-refractivity contribution in [3.05, 3.63) is 16.6 Å². The number of hydrogen-bond acceptors (Lipinski definition) is 6. The maximum absolute atomic E-state index is 5.85. The van der Waals surface area contributed by atoms with Gasteiger partial charge < -0.3 is 4.74 Å². The van der Waals surface area contributed by atoms with Gasteiger partial charge in [0.25, 0.3) is 0 Å². The maximum Gasteiger partial charge on any atom is 0.0941 e. The molecule has 0 amide bonds. The summed E-state index contributed by atoms with van der Waals surface area (Å²) in [5, 5.41) is 3.09. The lowest BCUT2D eigenvalue weighted by Crippen LogP contribution is -2.56.